The third-order valence-electron chi connectivity index (χ3n) is 6.55. The molecule has 1 radical (unpaired) electrons. The number of fused-ring (bicyclic) bond motifs is 2. The first-order valence-electron chi connectivity index (χ1n) is 11.4. The van der Waals surface area contributed by atoms with E-state index >= 15 is 0 Å². The number of nitrogens with zero attached hydrogens (tertiary/aromatic N) is 2. The predicted molar refractivity (Wildman–Crippen MR) is 134 cm³/mol. The minimum atomic E-state index is -0.745. The maximum atomic E-state index is 13.8. The van der Waals surface area contributed by atoms with Crippen LogP contribution in [0.4, 0.5) is 21.5 Å². The predicted octanol–water partition coefficient (Wildman–Crippen LogP) is 7.51. The standard InChI is InChI=1S/C31H22FN2.Ir/c32-22-24-14-11-21-30(33-24)31(23-12-3-1-4-13-23)26-17-7-9-19-28(26)34(25-15-5-2-6-16-25)29-20-10-8-18-27(29)31;/h1-12,14-21H,22H2;/q-1;. The molecule has 0 fully saturated rings. The van der Waals surface area contributed by atoms with Crippen molar-refractivity contribution < 1.29 is 24.5 Å². The zero-order valence-corrected chi connectivity index (χ0v) is 21.3. The second-order valence-corrected chi connectivity index (χ2v) is 8.38. The first-order chi connectivity index (χ1) is 16.8. The molecule has 2 heterocycles. The van der Waals surface area contributed by atoms with E-state index in [2.05, 4.69) is 89.8 Å². The van der Waals surface area contributed by atoms with Crippen molar-refractivity contribution in [1.29, 1.82) is 0 Å². The van der Waals surface area contributed by atoms with Gasteiger partial charge in [0, 0.05) is 25.8 Å². The maximum Gasteiger partial charge on any atom is 0.131 e. The van der Waals surface area contributed by atoms with E-state index in [9.17, 15) is 4.39 Å². The SMILES string of the molecule is FCc1cccc(C2(c3[c-]cccc3)c3ccccc3N(c3ccccc3)c3ccccc32)n1.[Ir]. The van der Waals surface area contributed by atoms with Crippen LogP contribution in [0.2, 0.25) is 0 Å². The normalized spacial score (nSPS) is 13.3. The number of rotatable bonds is 4. The monoisotopic (exact) mass is 634 g/mol. The number of pyridine rings is 1. The van der Waals surface area contributed by atoms with E-state index in [-0.39, 0.29) is 20.1 Å². The first-order valence-corrected chi connectivity index (χ1v) is 11.4. The summed E-state index contributed by atoms with van der Waals surface area (Å²) in [4.78, 5) is 7.14. The van der Waals surface area contributed by atoms with Crippen molar-refractivity contribution in [1.82, 2.24) is 4.98 Å². The van der Waals surface area contributed by atoms with Gasteiger partial charge in [-0.15, -0.1) is 5.56 Å². The molecule has 1 aromatic heterocycles. The number of para-hydroxylation sites is 3. The summed E-state index contributed by atoms with van der Waals surface area (Å²) in [6.45, 7) is -0.609. The van der Waals surface area contributed by atoms with Gasteiger partial charge in [0.15, 0.2) is 0 Å². The second-order valence-electron chi connectivity index (χ2n) is 8.38. The fourth-order valence-corrected chi connectivity index (χ4v) is 5.20. The van der Waals surface area contributed by atoms with Crippen LogP contribution in [0.5, 0.6) is 0 Å². The zero-order chi connectivity index (χ0) is 23.0. The van der Waals surface area contributed by atoms with Crippen LogP contribution in [-0.4, -0.2) is 4.98 Å². The van der Waals surface area contributed by atoms with Gasteiger partial charge in [0.1, 0.15) is 6.67 Å². The third kappa shape index (κ3) is 3.61. The molecule has 1 aliphatic heterocycles. The molecule has 4 aromatic carbocycles. The third-order valence-corrected chi connectivity index (χ3v) is 6.55. The zero-order valence-electron chi connectivity index (χ0n) is 18.9. The van der Waals surface area contributed by atoms with Crippen LogP contribution in [0, 0.1) is 6.07 Å². The van der Waals surface area contributed by atoms with Crippen molar-refractivity contribution in [3.63, 3.8) is 0 Å². The van der Waals surface area contributed by atoms with Gasteiger partial charge in [-0.2, -0.15) is 30.3 Å². The van der Waals surface area contributed by atoms with E-state index in [1.807, 2.05) is 36.4 Å². The molecule has 6 rings (SSSR count). The van der Waals surface area contributed by atoms with Crippen molar-refractivity contribution >= 4 is 17.1 Å². The summed E-state index contributed by atoms with van der Waals surface area (Å²) in [6, 6.07) is 44.4. The number of anilines is 3. The summed E-state index contributed by atoms with van der Waals surface area (Å²) in [5.74, 6) is 0. The molecule has 0 saturated carbocycles. The fraction of sp³-hybridized carbons (Fsp3) is 0.0645. The molecule has 0 unspecified atom stereocenters. The largest absolute Gasteiger partial charge is 0.310 e. The van der Waals surface area contributed by atoms with E-state index in [0.29, 0.717) is 5.69 Å². The van der Waals surface area contributed by atoms with Gasteiger partial charge >= 0.3 is 0 Å². The number of halogens is 1. The Morgan fingerprint density at radius 1 is 0.686 bits per heavy atom. The van der Waals surface area contributed by atoms with Crippen molar-refractivity contribution in [2.75, 3.05) is 4.90 Å². The summed E-state index contributed by atoms with van der Waals surface area (Å²) < 4.78 is 13.8. The molecule has 173 valence electrons. The molecule has 0 N–H and O–H groups in total. The van der Waals surface area contributed by atoms with Gasteiger partial charge in [0.2, 0.25) is 0 Å². The average Bonchev–Trinajstić information content (AvgIpc) is 2.92. The van der Waals surface area contributed by atoms with E-state index < -0.39 is 12.1 Å². The fourth-order valence-electron chi connectivity index (χ4n) is 5.20. The molecular formula is C31H22FIrN2-. The van der Waals surface area contributed by atoms with Crippen LogP contribution < -0.4 is 4.90 Å². The van der Waals surface area contributed by atoms with E-state index in [0.717, 1.165) is 39.4 Å². The summed E-state index contributed by atoms with van der Waals surface area (Å²) in [7, 11) is 0. The average molecular weight is 634 g/mol. The Labute approximate surface area is 218 Å². The van der Waals surface area contributed by atoms with Crippen molar-refractivity contribution in [2.24, 2.45) is 0 Å². The molecule has 0 aliphatic carbocycles. The Balaban J connectivity index is 0.00000253. The van der Waals surface area contributed by atoms with E-state index in [1.165, 1.54) is 0 Å². The minimum Gasteiger partial charge on any atom is -0.310 e. The van der Waals surface area contributed by atoms with Gasteiger partial charge in [0.25, 0.3) is 0 Å². The molecule has 1 aliphatic rings. The van der Waals surface area contributed by atoms with Crippen molar-refractivity contribution in [3.05, 3.63) is 155 Å². The Bertz CT molecular complexity index is 1410. The summed E-state index contributed by atoms with van der Waals surface area (Å²) in [6.07, 6.45) is 0. The molecule has 5 aromatic rings. The Kier molecular flexibility index (Phi) is 6.34. The van der Waals surface area contributed by atoms with Crippen LogP contribution in [0.3, 0.4) is 0 Å². The van der Waals surface area contributed by atoms with Crippen LogP contribution in [0.1, 0.15) is 28.1 Å². The van der Waals surface area contributed by atoms with Crippen molar-refractivity contribution in [3.8, 4) is 0 Å². The van der Waals surface area contributed by atoms with Crippen LogP contribution in [0.15, 0.2) is 121 Å². The molecule has 0 spiro atoms. The van der Waals surface area contributed by atoms with Gasteiger partial charge in [-0.1, -0.05) is 60.7 Å². The number of alkyl halides is 1. The van der Waals surface area contributed by atoms with Gasteiger partial charge in [0.05, 0.1) is 28.2 Å². The van der Waals surface area contributed by atoms with E-state index in [4.69, 9.17) is 4.98 Å². The minimum absolute atomic E-state index is 0. The molecule has 0 bridgehead atoms. The Hall–Kier alpha value is -3.59. The quantitative estimate of drug-likeness (QED) is 0.187. The van der Waals surface area contributed by atoms with Gasteiger partial charge in [-0.25, -0.2) is 4.39 Å². The number of aromatic nitrogens is 1. The summed E-state index contributed by atoms with van der Waals surface area (Å²) >= 11 is 0. The maximum absolute atomic E-state index is 13.8. The van der Waals surface area contributed by atoms with Gasteiger partial charge < -0.3 is 4.90 Å². The molecule has 0 atom stereocenters. The summed E-state index contributed by atoms with van der Waals surface area (Å²) in [5.41, 5.74) is 6.84. The molecule has 2 nitrogen and oxygen atoms in total. The number of benzene rings is 4. The molecular weight excluding hydrogens is 612 g/mol. The Morgan fingerprint density at radius 3 is 1.94 bits per heavy atom. The molecule has 4 heteroatoms. The molecule has 0 saturated heterocycles. The smallest absolute Gasteiger partial charge is 0.131 e. The first kappa shape index (κ1) is 23.2. The van der Waals surface area contributed by atoms with Crippen molar-refractivity contribution in [2.45, 2.75) is 12.1 Å². The Morgan fingerprint density at radius 2 is 1.31 bits per heavy atom. The van der Waals surface area contributed by atoms with E-state index in [1.54, 1.807) is 6.07 Å². The second kappa shape index (κ2) is 9.58. The topological polar surface area (TPSA) is 16.1 Å². The van der Waals surface area contributed by atoms with Gasteiger partial charge in [-0.3, -0.25) is 4.98 Å². The van der Waals surface area contributed by atoms with Crippen LogP contribution in [-0.2, 0) is 32.2 Å². The number of hydrogen-bond donors (Lipinski definition) is 0. The van der Waals surface area contributed by atoms with Crippen LogP contribution in [0.25, 0.3) is 0 Å². The van der Waals surface area contributed by atoms with Gasteiger partial charge in [-0.05, 0) is 47.5 Å². The summed E-state index contributed by atoms with van der Waals surface area (Å²) in [5, 5.41) is 0. The molecule has 0 amide bonds. The van der Waals surface area contributed by atoms with Crippen LogP contribution >= 0.6 is 0 Å². The molecule has 35 heavy (non-hydrogen) atoms. The number of hydrogen-bond acceptors (Lipinski definition) is 2.